The first kappa shape index (κ1) is 16.9. The van der Waals surface area contributed by atoms with Crippen LogP contribution in [-0.4, -0.2) is 29.9 Å². The van der Waals surface area contributed by atoms with E-state index >= 15 is 0 Å². The summed E-state index contributed by atoms with van der Waals surface area (Å²) in [6, 6.07) is 5.82. The maximum atomic E-state index is 13.1. The molecule has 0 aliphatic rings. The smallest absolute Gasteiger partial charge is 0.241 e. The van der Waals surface area contributed by atoms with E-state index in [0.717, 1.165) is 0 Å². The van der Waals surface area contributed by atoms with Gasteiger partial charge >= 0.3 is 0 Å². The first-order chi connectivity index (χ1) is 9.88. The number of likely N-dealkylation sites (N-methyl/N-ethyl adjacent to an activating group) is 1. The van der Waals surface area contributed by atoms with Crippen molar-refractivity contribution in [2.45, 2.75) is 26.8 Å². The van der Waals surface area contributed by atoms with Crippen molar-refractivity contribution in [3.8, 4) is 6.07 Å². The van der Waals surface area contributed by atoms with Crippen molar-refractivity contribution < 1.29 is 9.18 Å². The Kier molecular flexibility index (Phi) is 6.12. The third-order valence-corrected chi connectivity index (χ3v) is 3.33. The summed E-state index contributed by atoms with van der Waals surface area (Å²) in [6.07, 6.45) is 0. The molecule has 0 fully saturated rings. The Bertz CT molecular complexity index is 541. The summed E-state index contributed by atoms with van der Waals surface area (Å²) in [4.78, 5) is 14.1. The summed E-state index contributed by atoms with van der Waals surface area (Å²) < 4.78 is 13.1. The first-order valence-electron chi connectivity index (χ1n) is 6.88. The maximum absolute atomic E-state index is 13.1. The van der Waals surface area contributed by atoms with Gasteiger partial charge in [0.25, 0.3) is 0 Å². The Morgan fingerprint density at radius 2 is 2.19 bits per heavy atom. The zero-order valence-corrected chi connectivity index (χ0v) is 12.6. The average Bonchev–Trinajstić information content (AvgIpc) is 2.47. The lowest BCUT2D eigenvalue weighted by Gasteiger charge is -2.27. The molecule has 0 saturated heterocycles. The van der Waals surface area contributed by atoms with E-state index in [2.05, 4.69) is 11.4 Å². The van der Waals surface area contributed by atoms with Crippen molar-refractivity contribution >= 4 is 17.3 Å². The van der Waals surface area contributed by atoms with E-state index in [9.17, 15) is 9.18 Å². The molecule has 0 aromatic heterocycles. The van der Waals surface area contributed by atoms with Crippen LogP contribution in [-0.2, 0) is 4.79 Å². The number of anilines is 2. The van der Waals surface area contributed by atoms with Gasteiger partial charge in [-0.15, -0.1) is 0 Å². The molecule has 21 heavy (non-hydrogen) atoms. The average molecular weight is 292 g/mol. The predicted molar refractivity (Wildman–Crippen MR) is 80.9 cm³/mol. The van der Waals surface area contributed by atoms with E-state index in [1.165, 1.54) is 18.2 Å². The molecule has 5 nitrogen and oxygen atoms in total. The number of hydrogen-bond donors (Lipinski definition) is 2. The molecule has 6 heteroatoms. The SMILES string of the molecule is CCN(CC(C)C#N)C(C)C(=O)Nc1ccc(F)c(N)c1. The van der Waals surface area contributed by atoms with Crippen molar-refractivity contribution in [3.05, 3.63) is 24.0 Å². The van der Waals surface area contributed by atoms with Crippen molar-refractivity contribution in [3.63, 3.8) is 0 Å². The number of nitriles is 1. The van der Waals surface area contributed by atoms with Crippen molar-refractivity contribution in [1.82, 2.24) is 4.90 Å². The van der Waals surface area contributed by atoms with Crippen molar-refractivity contribution in [2.24, 2.45) is 5.92 Å². The summed E-state index contributed by atoms with van der Waals surface area (Å²) in [5, 5.41) is 11.6. The number of nitrogen functional groups attached to an aromatic ring is 1. The zero-order chi connectivity index (χ0) is 16.0. The fourth-order valence-corrected chi connectivity index (χ4v) is 1.99. The van der Waals surface area contributed by atoms with Crippen molar-refractivity contribution in [2.75, 3.05) is 24.1 Å². The second-order valence-corrected chi connectivity index (χ2v) is 5.02. The number of nitrogens with one attached hydrogen (secondary N) is 1. The second-order valence-electron chi connectivity index (χ2n) is 5.02. The summed E-state index contributed by atoms with van der Waals surface area (Å²) in [7, 11) is 0. The molecule has 0 saturated carbocycles. The second kappa shape index (κ2) is 7.60. The largest absolute Gasteiger partial charge is 0.396 e. The highest BCUT2D eigenvalue weighted by atomic mass is 19.1. The Labute approximate surface area is 124 Å². The molecular weight excluding hydrogens is 271 g/mol. The lowest BCUT2D eigenvalue weighted by atomic mass is 10.1. The Morgan fingerprint density at radius 3 is 2.71 bits per heavy atom. The Morgan fingerprint density at radius 1 is 1.52 bits per heavy atom. The van der Waals surface area contributed by atoms with Gasteiger partial charge < -0.3 is 11.1 Å². The van der Waals surface area contributed by atoms with Gasteiger partial charge in [-0.05, 0) is 38.6 Å². The minimum absolute atomic E-state index is 0.00842. The topological polar surface area (TPSA) is 82.2 Å². The van der Waals surface area contributed by atoms with Crippen LogP contribution < -0.4 is 11.1 Å². The van der Waals surface area contributed by atoms with Gasteiger partial charge in [0.15, 0.2) is 0 Å². The Hall–Kier alpha value is -2.13. The van der Waals surface area contributed by atoms with Crippen LogP contribution in [0.3, 0.4) is 0 Å². The highest BCUT2D eigenvalue weighted by molar-refractivity contribution is 5.94. The molecular formula is C15H21FN4O. The van der Waals surface area contributed by atoms with Crippen LogP contribution in [0.5, 0.6) is 0 Å². The van der Waals surface area contributed by atoms with Gasteiger partial charge in [-0.1, -0.05) is 6.92 Å². The van der Waals surface area contributed by atoms with Gasteiger partial charge in [0.2, 0.25) is 5.91 Å². The molecule has 0 aliphatic heterocycles. The number of rotatable bonds is 6. The van der Waals surface area contributed by atoms with Gasteiger partial charge in [-0.25, -0.2) is 4.39 Å². The monoisotopic (exact) mass is 292 g/mol. The molecule has 114 valence electrons. The third-order valence-electron chi connectivity index (χ3n) is 3.33. The zero-order valence-electron chi connectivity index (χ0n) is 12.6. The highest BCUT2D eigenvalue weighted by Crippen LogP contribution is 2.17. The van der Waals surface area contributed by atoms with E-state index in [0.29, 0.717) is 18.8 Å². The molecule has 2 atom stereocenters. The van der Waals surface area contributed by atoms with E-state index in [-0.39, 0.29) is 17.5 Å². The molecule has 0 spiro atoms. The van der Waals surface area contributed by atoms with E-state index in [1.807, 2.05) is 18.7 Å². The van der Waals surface area contributed by atoms with E-state index in [4.69, 9.17) is 11.0 Å². The first-order valence-corrected chi connectivity index (χ1v) is 6.88. The number of nitrogens with two attached hydrogens (primary N) is 1. The van der Waals surface area contributed by atoms with Gasteiger partial charge in [0, 0.05) is 12.2 Å². The van der Waals surface area contributed by atoms with Gasteiger partial charge in [-0.3, -0.25) is 9.69 Å². The normalized spacial score (nSPS) is 13.5. The quantitative estimate of drug-likeness (QED) is 0.788. The molecule has 0 aliphatic carbocycles. The van der Waals surface area contributed by atoms with Crippen LogP contribution in [0.15, 0.2) is 18.2 Å². The van der Waals surface area contributed by atoms with Gasteiger partial charge in [-0.2, -0.15) is 5.26 Å². The molecule has 1 rings (SSSR count). The minimum atomic E-state index is -0.515. The molecule has 3 N–H and O–H groups in total. The van der Waals surface area contributed by atoms with Crippen LogP contribution in [0, 0.1) is 23.1 Å². The van der Waals surface area contributed by atoms with Crippen LogP contribution in [0.2, 0.25) is 0 Å². The summed E-state index contributed by atoms with van der Waals surface area (Å²) in [5.74, 6) is -0.881. The molecule has 1 amide bonds. The van der Waals surface area contributed by atoms with E-state index in [1.54, 1.807) is 6.92 Å². The number of benzene rings is 1. The number of hydrogen-bond acceptors (Lipinski definition) is 4. The molecule has 2 unspecified atom stereocenters. The molecule has 0 radical (unpaired) electrons. The molecule has 0 bridgehead atoms. The number of nitrogens with zero attached hydrogens (tertiary/aromatic N) is 2. The molecule has 1 aromatic rings. The predicted octanol–water partition coefficient (Wildman–Crippen LogP) is 2.22. The summed E-state index contributed by atoms with van der Waals surface area (Å²) in [5.41, 5.74) is 5.91. The van der Waals surface area contributed by atoms with Crippen LogP contribution in [0.25, 0.3) is 0 Å². The molecule has 0 heterocycles. The highest BCUT2D eigenvalue weighted by Gasteiger charge is 2.21. The van der Waals surface area contributed by atoms with Gasteiger partial charge in [0.05, 0.1) is 23.7 Å². The number of carbonyl (C=O) groups is 1. The fraction of sp³-hybridized carbons (Fsp3) is 0.467. The van der Waals surface area contributed by atoms with Crippen LogP contribution in [0.1, 0.15) is 20.8 Å². The minimum Gasteiger partial charge on any atom is -0.396 e. The number of carbonyl (C=O) groups excluding carboxylic acids is 1. The number of halogens is 1. The standard InChI is InChI=1S/C15H21FN4O/c1-4-20(9-10(2)8-17)11(3)15(21)19-12-5-6-13(16)14(18)7-12/h5-7,10-11H,4,9,18H2,1-3H3,(H,19,21). The lowest BCUT2D eigenvalue weighted by molar-refractivity contribution is -0.120. The van der Waals surface area contributed by atoms with Gasteiger partial charge in [0.1, 0.15) is 5.82 Å². The van der Waals surface area contributed by atoms with Crippen LogP contribution in [0.4, 0.5) is 15.8 Å². The molecule has 1 aromatic carbocycles. The third kappa shape index (κ3) is 4.72. The maximum Gasteiger partial charge on any atom is 0.241 e. The Balaban J connectivity index is 2.72. The summed E-state index contributed by atoms with van der Waals surface area (Å²) in [6.45, 7) is 6.70. The van der Waals surface area contributed by atoms with Crippen LogP contribution >= 0.6 is 0 Å². The van der Waals surface area contributed by atoms with E-state index < -0.39 is 11.9 Å². The fourth-order valence-electron chi connectivity index (χ4n) is 1.99. The van der Waals surface area contributed by atoms with Crippen molar-refractivity contribution in [1.29, 1.82) is 5.26 Å². The number of amides is 1. The lowest BCUT2D eigenvalue weighted by Crippen LogP contribution is -2.43. The summed E-state index contributed by atoms with van der Waals surface area (Å²) >= 11 is 0.